The molecule has 10 heteroatoms. The molecule has 28 heavy (non-hydrogen) atoms. The van der Waals surface area contributed by atoms with Crippen molar-refractivity contribution in [2.75, 3.05) is 13.7 Å². The van der Waals surface area contributed by atoms with Gasteiger partial charge >= 0.3 is 6.18 Å². The Labute approximate surface area is 178 Å². The Morgan fingerprint density at radius 3 is 2.54 bits per heavy atom. The SMILES string of the molecule is CN=C(NCc1cccc(OCC(F)(F)F)c1)NCc1cc(C(C)C)no1.I. The molecule has 0 spiro atoms. The Morgan fingerprint density at radius 1 is 1.21 bits per heavy atom. The van der Waals surface area contributed by atoms with E-state index in [1.165, 1.54) is 6.07 Å². The Kier molecular flexibility index (Phi) is 9.56. The molecule has 0 aliphatic rings. The van der Waals surface area contributed by atoms with Crippen molar-refractivity contribution in [2.45, 2.75) is 39.0 Å². The molecule has 156 valence electrons. The molecule has 0 bridgehead atoms. The lowest BCUT2D eigenvalue weighted by atomic mass is 10.1. The summed E-state index contributed by atoms with van der Waals surface area (Å²) < 4.78 is 46.7. The van der Waals surface area contributed by atoms with Crippen molar-refractivity contribution in [1.82, 2.24) is 15.8 Å². The lowest BCUT2D eigenvalue weighted by Gasteiger charge is -2.12. The van der Waals surface area contributed by atoms with Crippen LogP contribution in [0.1, 0.15) is 36.8 Å². The molecule has 0 saturated carbocycles. The Balaban J connectivity index is 0.00000392. The second-order valence-corrected chi connectivity index (χ2v) is 6.20. The van der Waals surface area contributed by atoms with Crippen LogP contribution in [0.25, 0.3) is 0 Å². The third-order valence-electron chi connectivity index (χ3n) is 3.58. The summed E-state index contributed by atoms with van der Waals surface area (Å²) in [7, 11) is 1.62. The van der Waals surface area contributed by atoms with Crippen LogP contribution in [0.2, 0.25) is 0 Å². The summed E-state index contributed by atoms with van der Waals surface area (Å²) in [5.74, 6) is 1.66. The molecule has 6 nitrogen and oxygen atoms in total. The maximum absolute atomic E-state index is 12.2. The van der Waals surface area contributed by atoms with Crippen LogP contribution in [0.3, 0.4) is 0 Å². The number of alkyl halides is 3. The summed E-state index contributed by atoms with van der Waals surface area (Å²) in [6.45, 7) is 3.53. The van der Waals surface area contributed by atoms with E-state index in [2.05, 4.69) is 20.8 Å². The van der Waals surface area contributed by atoms with E-state index in [0.717, 1.165) is 11.3 Å². The van der Waals surface area contributed by atoms with Crippen molar-refractivity contribution in [3.63, 3.8) is 0 Å². The average Bonchev–Trinajstić information content (AvgIpc) is 3.09. The highest BCUT2D eigenvalue weighted by Gasteiger charge is 2.28. The highest BCUT2D eigenvalue weighted by molar-refractivity contribution is 14.0. The number of hydrogen-bond acceptors (Lipinski definition) is 4. The molecular weight excluding hydrogens is 488 g/mol. The van der Waals surface area contributed by atoms with Gasteiger partial charge in [0.2, 0.25) is 0 Å². The van der Waals surface area contributed by atoms with E-state index in [-0.39, 0.29) is 35.6 Å². The number of rotatable bonds is 7. The van der Waals surface area contributed by atoms with Crippen LogP contribution < -0.4 is 15.4 Å². The normalized spacial score (nSPS) is 11.9. The number of aromatic nitrogens is 1. The minimum atomic E-state index is -4.36. The van der Waals surface area contributed by atoms with Gasteiger partial charge in [-0.25, -0.2) is 0 Å². The number of guanidine groups is 1. The fourth-order valence-electron chi connectivity index (χ4n) is 2.17. The number of halogens is 4. The molecule has 0 radical (unpaired) electrons. The number of ether oxygens (including phenoxy) is 1. The van der Waals surface area contributed by atoms with Crippen molar-refractivity contribution in [1.29, 1.82) is 0 Å². The number of aliphatic imine (C=N–C) groups is 1. The number of hydrogen-bond donors (Lipinski definition) is 2. The van der Waals surface area contributed by atoms with E-state index in [1.54, 1.807) is 25.2 Å². The summed E-state index contributed by atoms with van der Waals surface area (Å²) in [5, 5.41) is 10.2. The molecule has 0 aliphatic carbocycles. The Bertz CT molecular complexity index is 763. The number of nitrogens with zero attached hydrogens (tertiary/aromatic N) is 2. The van der Waals surface area contributed by atoms with Gasteiger partial charge in [-0.1, -0.05) is 31.1 Å². The second kappa shape index (κ2) is 11.1. The minimum Gasteiger partial charge on any atom is -0.484 e. The standard InChI is InChI=1S/C18H23F3N4O2.HI/c1-12(2)16-8-15(27-25-16)10-24-17(22-3)23-9-13-5-4-6-14(7-13)26-11-18(19,20)21;/h4-8,12H,9-11H2,1-3H3,(H2,22,23,24);1H. The van der Waals surface area contributed by atoms with Crippen LogP contribution in [0.5, 0.6) is 5.75 Å². The van der Waals surface area contributed by atoms with E-state index in [9.17, 15) is 13.2 Å². The third-order valence-corrected chi connectivity index (χ3v) is 3.58. The number of benzene rings is 1. The zero-order valence-electron chi connectivity index (χ0n) is 15.8. The molecule has 0 amide bonds. The van der Waals surface area contributed by atoms with Crippen LogP contribution in [0.4, 0.5) is 13.2 Å². The average molecular weight is 512 g/mol. The molecule has 0 unspecified atom stereocenters. The van der Waals surface area contributed by atoms with Crippen LogP contribution in [0.15, 0.2) is 39.8 Å². The highest BCUT2D eigenvalue weighted by Crippen LogP contribution is 2.19. The third kappa shape index (κ3) is 8.36. The maximum atomic E-state index is 12.2. The maximum Gasteiger partial charge on any atom is 0.422 e. The largest absolute Gasteiger partial charge is 0.484 e. The lowest BCUT2D eigenvalue weighted by molar-refractivity contribution is -0.153. The van der Waals surface area contributed by atoms with Gasteiger partial charge < -0.3 is 19.9 Å². The predicted octanol–water partition coefficient (Wildman–Crippen LogP) is 4.22. The summed E-state index contributed by atoms with van der Waals surface area (Å²) >= 11 is 0. The second-order valence-electron chi connectivity index (χ2n) is 6.20. The summed E-state index contributed by atoms with van der Waals surface area (Å²) in [6.07, 6.45) is -4.36. The van der Waals surface area contributed by atoms with E-state index in [0.29, 0.717) is 24.8 Å². The molecule has 1 aromatic carbocycles. The Morgan fingerprint density at radius 2 is 1.93 bits per heavy atom. The van der Waals surface area contributed by atoms with Crippen LogP contribution in [-0.2, 0) is 13.1 Å². The van der Waals surface area contributed by atoms with E-state index in [4.69, 9.17) is 9.26 Å². The van der Waals surface area contributed by atoms with Gasteiger partial charge in [0.15, 0.2) is 18.3 Å². The van der Waals surface area contributed by atoms with Crippen LogP contribution in [0, 0.1) is 0 Å². The summed E-state index contributed by atoms with van der Waals surface area (Å²) in [6, 6.07) is 8.34. The first-order valence-electron chi connectivity index (χ1n) is 8.45. The van der Waals surface area contributed by atoms with Gasteiger partial charge in [-0.3, -0.25) is 4.99 Å². The molecule has 0 fully saturated rings. The smallest absolute Gasteiger partial charge is 0.422 e. The van der Waals surface area contributed by atoms with E-state index < -0.39 is 12.8 Å². The van der Waals surface area contributed by atoms with Gasteiger partial charge in [-0.2, -0.15) is 13.2 Å². The van der Waals surface area contributed by atoms with E-state index >= 15 is 0 Å². The first kappa shape index (κ1) is 24.1. The Hall–Kier alpha value is -1.98. The first-order chi connectivity index (χ1) is 12.8. The quantitative estimate of drug-likeness (QED) is 0.330. The molecule has 1 heterocycles. The van der Waals surface area contributed by atoms with Gasteiger partial charge in [-0.15, -0.1) is 24.0 Å². The molecule has 0 saturated heterocycles. The molecular formula is C18H24F3IN4O2. The zero-order chi connectivity index (χ0) is 19.9. The summed E-state index contributed by atoms with van der Waals surface area (Å²) in [5.41, 5.74) is 1.64. The zero-order valence-corrected chi connectivity index (χ0v) is 18.2. The molecule has 2 N–H and O–H groups in total. The summed E-state index contributed by atoms with van der Waals surface area (Å²) in [4.78, 5) is 4.10. The predicted molar refractivity (Wildman–Crippen MR) is 111 cm³/mol. The minimum absolute atomic E-state index is 0. The van der Waals surface area contributed by atoms with Gasteiger partial charge in [0.25, 0.3) is 0 Å². The molecule has 2 aromatic rings. The van der Waals surface area contributed by atoms with E-state index in [1.807, 2.05) is 19.9 Å². The molecule has 0 aliphatic heterocycles. The van der Waals surface area contributed by atoms with Crippen molar-refractivity contribution < 1.29 is 22.4 Å². The topological polar surface area (TPSA) is 71.7 Å². The van der Waals surface area contributed by atoms with Gasteiger partial charge in [0.1, 0.15) is 5.75 Å². The van der Waals surface area contributed by atoms with Crippen LogP contribution in [-0.4, -0.2) is 30.9 Å². The van der Waals surface area contributed by atoms with Crippen molar-refractivity contribution in [2.24, 2.45) is 4.99 Å². The van der Waals surface area contributed by atoms with Gasteiger partial charge in [0, 0.05) is 19.7 Å². The van der Waals surface area contributed by atoms with Crippen molar-refractivity contribution in [3.8, 4) is 5.75 Å². The lowest BCUT2D eigenvalue weighted by Crippen LogP contribution is -2.36. The number of nitrogens with one attached hydrogen (secondary N) is 2. The van der Waals surface area contributed by atoms with Crippen LogP contribution >= 0.6 is 24.0 Å². The molecule has 0 atom stereocenters. The van der Waals surface area contributed by atoms with Crippen molar-refractivity contribution >= 4 is 29.9 Å². The van der Waals surface area contributed by atoms with Gasteiger partial charge in [0.05, 0.1) is 12.2 Å². The fourth-order valence-corrected chi connectivity index (χ4v) is 2.17. The monoisotopic (exact) mass is 512 g/mol. The first-order valence-corrected chi connectivity index (χ1v) is 8.45. The molecule has 2 rings (SSSR count). The highest BCUT2D eigenvalue weighted by atomic mass is 127. The molecule has 1 aromatic heterocycles. The van der Waals surface area contributed by atoms with Gasteiger partial charge in [-0.05, 0) is 23.6 Å². The van der Waals surface area contributed by atoms with Crippen molar-refractivity contribution in [3.05, 3.63) is 47.3 Å². The fraction of sp³-hybridized carbons (Fsp3) is 0.444.